The SMILES string of the molecule is OC(CBr)C(O)c1cccc(N=C=S)c1. The number of benzene rings is 1. The molecule has 0 aliphatic heterocycles. The summed E-state index contributed by atoms with van der Waals surface area (Å²) in [4.78, 5) is 3.80. The van der Waals surface area contributed by atoms with Crippen LogP contribution in [0.1, 0.15) is 11.7 Å². The topological polar surface area (TPSA) is 52.8 Å². The third-order valence-electron chi connectivity index (χ3n) is 1.91. The van der Waals surface area contributed by atoms with Crippen LogP contribution in [0.2, 0.25) is 0 Å². The number of halogens is 1. The first-order valence-corrected chi connectivity index (χ1v) is 5.82. The van der Waals surface area contributed by atoms with Gasteiger partial charge in [-0.15, -0.1) is 0 Å². The minimum Gasteiger partial charge on any atom is -0.389 e. The summed E-state index contributed by atoms with van der Waals surface area (Å²) in [5, 5.41) is 21.7. The monoisotopic (exact) mass is 287 g/mol. The van der Waals surface area contributed by atoms with Gasteiger partial charge in [0.05, 0.1) is 17.0 Å². The molecule has 0 saturated heterocycles. The lowest BCUT2D eigenvalue weighted by Crippen LogP contribution is -2.19. The zero-order valence-electron chi connectivity index (χ0n) is 7.80. The van der Waals surface area contributed by atoms with Gasteiger partial charge >= 0.3 is 0 Å². The fourth-order valence-corrected chi connectivity index (χ4v) is 1.60. The van der Waals surface area contributed by atoms with E-state index in [4.69, 9.17) is 0 Å². The van der Waals surface area contributed by atoms with E-state index in [0.29, 0.717) is 16.6 Å². The smallest absolute Gasteiger partial charge is 0.106 e. The molecule has 0 radical (unpaired) electrons. The van der Waals surface area contributed by atoms with Gasteiger partial charge in [-0.2, -0.15) is 4.99 Å². The van der Waals surface area contributed by atoms with Crippen LogP contribution in [0.3, 0.4) is 0 Å². The number of rotatable bonds is 4. The summed E-state index contributed by atoms with van der Waals surface area (Å²) < 4.78 is 0. The number of aliphatic imine (C=N–C) groups is 1. The fourth-order valence-electron chi connectivity index (χ4n) is 1.14. The Morgan fingerprint density at radius 3 is 2.80 bits per heavy atom. The molecule has 1 aromatic carbocycles. The summed E-state index contributed by atoms with van der Waals surface area (Å²) in [6, 6.07) is 6.87. The number of hydrogen-bond acceptors (Lipinski definition) is 4. The standard InChI is InChI=1S/C10H10BrNO2S/c11-5-9(13)10(14)7-2-1-3-8(4-7)12-6-15/h1-4,9-10,13-14H,5H2. The van der Waals surface area contributed by atoms with E-state index in [9.17, 15) is 10.2 Å². The highest BCUT2D eigenvalue weighted by Gasteiger charge is 2.16. The molecule has 0 amide bonds. The van der Waals surface area contributed by atoms with Gasteiger partial charge in [-0.1, -0.05) is 28.1 Å². The Bertz CT molecular complexity index is 379. The maximum absolute atomic E-state index is 9.71. The first-order valence-electron chi connectivity index (χ1n) is 4.29. The molecule has 0 aliphatic rings. The Labute approximate surface area is 102 Å². The summed E-state index contributed by atoms with van der Waals surface area (Å²) in [5.41, 5.74) is 1.22. The van der Waals surface area contributed by atoms with Crippen molar-refractivity contribution >= 4 is 39.0 Å². The van der Waals surface area contributed by atoms with Crippen LogP contribution in [0.4, 0.5) is 5.69 Å². The van der Waals surface area contributed by atoms with Gasteiger partial charge in [-0.25, -0.2) is 0 Å². The van der Waals surface area contributed by atoms with E-state index in [1.54, 1.807) is 24.3 Å². The van der Waals surface area contributed by atoms with Crippen LogP contribution in [0.5, 0.6) is 0 Å². The molecular weight excluding hydrogens is 278 g/mol. The Morgan fingerprint density at radius 2 is 2.20 bits per heavy atom. The molecule has 0 spiro atoms. The summed E-state index contributed by atoms with van der Waals surface area (Å²) >= 11 is 7.58. The molecule has 0 aromatic heterocycles. The average molecular weight is 288 g/mol. The number of nitrogens with zero attached hydrogens (tertiary/aromatic N) is 1. The number of aliphatic hydroxyl groups excluding tert-OH is 2. The molecule has 5 heteroatoms. The van der Waals surface area contributed by atoms with Crippen LogP contribution in [0.25, 0.3) is 0 Å². The lowest BCUT2D eigenvalue weighted by molar-refractivity contribution is 0.0343. The van der Waals surface area contributed by atoms with Crippen molar-refractivity contribution in [2.45, 2.75) is 12.2 Å². The van der Waals surface area contributed by atoms with Crippen LogP contribution < -0.4 is 0 Å². The highest BCUT2D eigenvalue weighted by Crippen LogP contribution is 2.22. The predicted molar refractivity (Wildman–Crippen MR) is 65.9 cm³/mol. The van der Waals surface area contributed by atoms with Crippen molar-refractivity contribution in [1.29, 1.82) is 0 Å². The van der Waals surface area contributed by atoms with Gasteiger partial charge in [0, 0.05) is 5.33 Å². The number of alkyl halides is 1. The molecule has 2 N–H and O–H groups in total. The Balaban J connectivity index is 2.94. The van der Waals surface area contributed by atoms with Gasteiger partial charge in [-0.3, -0.25) is 0 Å². The first kappa shape index (κ1) is 12.5. The van der Waals surface area contributed by atoms with E-state index in [1.165, 1.54) is 0 Å². The maximum Gasteiger partial charge on any atom is 0.106 e. The van der Waals surface area contributed by atoms with E-state index in [1.807, 2.05) is 0 Å². The second-order valence-corrected chi connectivity index (χ2v) is 3.79. The molecule has 0 heterocycles. The Morgan fingerprint density at radius 1 is 1.47 bits per heavy atom. The van der Waals surface area contributed by atoms with Crippen molar-refractivity contribution in [3.63, 3.8) is 0 Å². The van der Waals surface area contributed by atoms with Gasteiger partial charge in [0.2, 0.25) is 0 Å². The number of thiocarbonyl (C=S) groups is 1. The molecule has 0 fully saturated rings. The normalized spacial score (nSPS) is 14.1. The molecule has 2 unspecified atom stereocenters. The van der Waals surface area contributed by atoms with Crippen molar-refractivity contribution in [2.24, 2.45) is 4.99 Å². The minimum absolute atomic E-state index is 0.314. The first-order chi connectivity index (χ1) is 7.19. The lowest BCUT2D eigenvalue weighted by Gasteiger charge is -2.15. The Hall–Kier alpha value is -0.580. The second kappa shape index (κ2) is 6.10. The van der Waals surface area contributed by atoms with Gasteiger partial charge < -0.3 is 10.2 Å². The van der Waals surface area contributed by atoms with Gasteiger partial charge in [0.25, 0.3) is 0 Å². The highest BCUT2D eigenvalue weighted by atomic mass is 79.9. The van der Waals surface area contributed by atoms with Gasteiger partial charge in [-0.05, 0) is 29.9 Å². The number of aliphatic hydroxyl groups is 2. The van der Waals surface area contributed by atoms with Crippen LogP contribution in [0, 0.1) is 0 Å². The molecule has 2 atom stereocenters. The van der Waals surface area contributed by atoms with Crippen LogP contribution >= 0.6 is 28.1 Å². The van der Waals surface area contributed by atoms with Crippen molar-refractivity contribution in [1.82, 2.24) is 0 Å². The van der Waals surface area contributed by atoms with Gasteiger partial charge in [0.15, 0.2) is 0 Å². The second-order valence-electron chi connectivity index (χ2n) is 2.96. The van der Waals surface area contributed by atoms with E-state index >= 15 is 0 Å². The lowest BCUT2D eigenvalue weighted by atomic mass is 10.1. The zero-order chi connectivity index (χ0) is 11.3. The molecule has 80 valence electrons. The van der Waals surface area contributed by atoms with Crippen molar-refractivity contribution < 1.29 is 10.2 Å². The van der Waals surface area contributed by atoms with Crippen LogP contribution in [0.15, 0.2) is 29.3 Å². The summed E-state index contributed by atoms with van der Waals surface area (Å²) in [6.45, 7) is 0. The molecule has 0 aliphatic carbocycles. The van der Waals surface area contributed by atoms with E-state index < -0.39 is 12.2 Å². The highest BCUT2D eigenvalue weighted by molar-refractivity contribution is 9.09. The number of isothiocyanates is 1. The zero-order valence-corrected chi connectivity index (χ0v) is 10.2. The van der Waals surface area contributed by atoms with Crippen LogP contribution in [-0.4, -0.2) is 26.8 Å². The van der Waals surface area contributed by atoms with Crippen LogP contribution in [-0.2, 0) is 0 Å². The predicted octanol–water partition coefficient (Wildman–Crippen LogP) is 2.21. The molecule has 1 aromatic rings. The molecule has 0 saturated carbocycles. The van der Waals surface area contributed by atoms with Crippen molar-refractivity contribution in [2.75, 3.05) is 5.33 Å². The number of hydrogen-bond donors (Lipinski definition) is 2. The minimum atomic E-state index is -0.926. The van der Waals surface area contributed by atoms with E-state index in [2.05, 4.69) is 38.3 Å². The summed E-state index contributed by atoms with van der Waals surface area (Å²) in [6.07, 6.45) is -1.76. The largest absolute Gasteiger partial charge is 0.389 e. The van der Waals surface area contributed by atoms with Crippen molar-refractivity contribution in [3.05, 3.63) is 29.8 Å². The summed E-state index contributed by atoms with van der Waals surface area (Å²) in [5.74, 6) is 0. The van der Waals surface area contributed by atoms with Gasteiger partial charge in [0.1, 0.15) is 6.10 Å². The maximum atomic E-state index is 9.71. The quantitative estimate of drug-likeness (QED) is 0.507. The molecule has 1 rings (SSSR count). The molecular formula is C10H10BrNO2S. The molecule has 15 heavy (non-hydrogen) atoms. The van der Waals surface area contributed by atoms with Crippen molar-refractivity contribution in [3.8, 4) is 0 Å². The third-order valence-corrected chi connectivity index (χ3v) is 2.66. The Kier molecular flexibility index (Phi) is 5.08. The molecule has 3 nitrogen and oxygen atoms in total. The summed E-state index contributed by atoms with van der Waals surface area (Å²) in [7, 11) is 0. The van der Waals surface area contributed by atoms with E-state index in [0.717, 1.165) is 0 Å². The molecule has 0 bridgehead atoms. The third kappa shape index (κ3) is 3.48. The van der Waals surface area contributed by atoms with E-state index in [-0.39, 0.29) is 0 Å². The average Bonchev–Trinajstić information content (AvgIpc) is 2.28. The fraction of sp³-hybridized carbons (Fsp3) is 0.300.